The molecule has 1 N–H and O–H groups in total. The molecule has 1 radical (unpaired) electrons. The Morgan fingerprint density at radius 1 is 1.00 bits per heavy atom. The second-order valence-corrected chi connectivity index (χ2v) is 7.39. The second-order valence-electron chi connectivity index (χ2n) is 7.39. The van der Waals surface area contributed by atoms with Crippen molar-refractivity contribution in [2.45, 2.75) is 25.4 Å². The van der Waals surface area contributed by atoms with Crippen LogP contribution in [-0.2, 0) is 11.7 Å². The third-order valence-electron chi connectivity index (χ3n) is 5.60. The molecule has 1 aromatic heterocycles. The van der Waals surface area contributed by atoms with Crippen molar-refractivity contribution in [3.05, 3.63) is 62.8 Å². The zero-order valence-corrected chi connectivity index (χ0v) is 17.0. The van der Waals surface area contributed by atoms with Crippen molar-refractivity contribution in [1.29, 1.82) is 0 Å². The summed E-state index contributed by atoms with van der Waals surface area (Å²) in [6.07, 6.45) is 1.56. The molecule has 30 heavy (non-hydrogen) atoms. The Labute approximate surface area is 173 Å². The Morgan fingerprint density at radius 3 is 2.43 bits per heavy atom. The van der Waals surface area contributed by atoms with Gasteiger partial charge in [0.15, 0.2) is 17.2 Å². The fourth-order valence-electron chi connectivity index (χ4n) is 4.08. The molecule has 4 rings (SSSR count). The third kappa shape index (κ3) is 3.54. The van der Waals surface area contributed by atoms with Crippen LogP contribution in [0.2, 0.25) is 0 Å². The number of piperidine rings is 1. The average molecular weight is 410 g/mol. The fourth-order valence-corrected chi connectivity index (χ4v) is 4.08. The Balaban J connectivity index is 1.89. The minimum atomic E-state index is -0.465. The van der Waals surface area contributed by atoms with Crippen LogP contribution in [0.4, 0.5) is 0 Å². The number of hydrogen-bond donors (Lipinski definition) is 1. The van der Waals surface area contributed by atoms with Gasteiger partial charge in [-0.25, -0.2) is 4.79 Å². The summed E-state index contributed by atoms with van der Waals surface area (Å²) in [6, 6.07) is 9.54. The molecule has 0 atom stereocenters. The van der Waals surface area contributed by atoms with Crippen molar-refractivity contribution in [2.24, 2.45) is 0 Å². The van der Waals surface area contributed by atoms with E-state index in [0.717, 1.165) is 31.5 Å². The molecule has 2 aromatic carbocycles. The van der Waals surface area contributed by atoms with E-state index in [2.05, 4.69) is 5.32 Å². The number of benzene rings is 2. The van der Waals surface area contributed by atoms with E-state index in [9.17, 15) is 14.7 Å². The van der Waals surface area contributed by atoms with Gasteiger partial charge in [0.1, 0.15) is 0 Å². The minimum Gasteiger partial charge on any atom is -0.493 e. The molecule has 0 spiro atoms. The van der Waals surface area contributed by atoms with E-state index in [0.29, 0.717) is 17.0 Å². The standard InChI is InChI=1S/C22H24N3O5/c1-29-19-6-3-14(11-20(19)30-2)13-24-21(27)17-12-16(26)4-5-18(17)25(22(24)28)15-7-9-23-10-8-15/h3-6,11-12,15,23H,7-10,13H2,1-2H3. The Morgan fingerprint density at radius 2 is 1.73 bits per heavy atom. The fraction of sp³-hybridized carbons (Fsp3) is 0.364. The van der Waals surface area contributed by atoms with Gasteiger partial charge in [-0.15, -0.1) is 0 Å². The van der Waals surface area contributed by atoms with Gasteiger partial charge < -0.3 is 14.8 Å². The van der Waals surface area contributed by atoms with Crippen LogP contribution in [-0.4, -0.2) is 36.4 Å². The number of rotatable bonds is 5. The number of nitrogens with one attached hydrogen (secondary N) is 1. The van der Waals surface area contributed by atoms with E-state index < -0.39 is 5.56 Å². The molecule has 0 amide bonds. The van der Waals surface area contributed by atoms with E-state index >= 15 is 0 Å². The molecule has 0 unspecified atom stereocenters. The largest absolute Gasteiger partial charge is 0.493 e. The van der Waals surface area contributed by atoms with Gasteiger partial charge in [0, 0.05) is 12.1 Å². The molecule has 1 aliphatic heterocycles. The van der Waals surface area contributed by atoms with E-state index in [1.54, 1.807) is 35.9 Å². The maximum absolute atomic E-state index is 13.4. The normalized spacial score (nSPS) is 14.7. The van der Waals surface area contributed by atoms with Crippen molar-refractivity contribution >= 4 is 10.9 Å². The molecule has 1 saturated heterocycles. The smallest absolute Gasteiger partial charge is 0.332 e. The SMILES string of the molecule is COc1ccc(Cn2c(=O)c3cc([O])ccc3n(C3CCNCC3)c2=O)cc1OC. The molecule has 8 heteroatoms. The number of ether oxygens (including phenoxy) is 2. The predicted molar refractivity (Wildman–Crippen MR) is 112 cm³/mol. The van der Waals surface area contributed by atoms with Gasteiger partial charge in [-0.1, -0.05) is 6.07 Å². The zero-order chi connectivity index (χ0) is 21.3. The molecular weight excluding hydrogens is 386 g/mol. The summed E-state index contributed by atoms with van der Waals surface area (Å²) in [5.74, 6) is 0.826. The summed E-state index contributed by atoms with van der Waals surface area (Å²) in [5, 5.41) is 15.5. The molecule has 8 nitrogen and oxygen atoms in total. The van der Waals surface area contributed by atoms with Crippen LogP contribution < -0.4 is 26.0 Å². The van der Waals surface area contributed by atoms with E-state index in [1.807, 2.05) is 0 Å². The summed E-state index contributed by atoms with van der Waals surface area (Å²) in [5.41, 5.74) is 0.405. The topological polar surface area (TPSA) is 94.4 Å². The minimum absolute atomic E-state index is 0.0315. The van der Waals surface area contributed by atoms with Gasteiger partial charge in [0.25, 0.3) is 5.56 Å². The first kappa shape index (κ1) is 20.0. The lowest BCUT2D eigenvalue weighted by molar-refractivity contribution is 0.352. The number of hydrogen-bond acceptors (Lipinski definition) is 5. The Bertz CT molecular complexity index is 1190. The van der Waals surface area contributed by atoms with Crippen molar-refractivity contribution in [1.82, 2.24) is 14.5 Å². The number of fused-ring (bicyclic) bond motifs is 1. The van der Waals surface area contributed by atoms with Gasteiger partial charge in [-0.3, -0.25) is 19.0 Å². The van der Waals surface area contributed by atoms with Crippen LogP contribution >= 0.6 is 0 Å². The summed E-state index contributed by atoms with van der Waals surface area (Å²) in [7, 11) is 3.08. The first-order valence-electron chi connectivity index (χ1n) is 9.91. The van der Waals surface area contributed by atoms with E-state index in [-0.39, 0.29) is 29.4 Å². The van der Waals surface area contributed by atoms with Crippen LogP contribution in [0.15, 0.2) is 46.0 Å². The highest BCUT2D eigenvalue weighted by molar-refractivity contribution is 5.79. The summed E-state index contributed by atoms with van der Waals surface area (Å²) in [4.78, 5) is 26.6. The lowest BCUT2D eigenvalue weighted by Crippen LogP contribution is -2.43. The molecule has 2 heterocycles. The van der Waals surface area contributed by atoms with Crippen molar-refractivity contribution in [3.63, 3.8) is 0 Å². The van der Waals surface area contributed by atoms with Crippen LogP contribution in [0.1, 0.15) is 24.4 Å². The molecule has 157 valence electrons. The number of methoxy groups -OCH3 is 2. The lowest BCUT2D eigenvalue weighted by atomic mass is 10.1. The van der Waals surface area contributed by atoms with Gasteiger partial charge in [-0.2, -0.15) is 0 Å². The number of nitrogens with zero attached hydrogens (tertiary/aromatic N) is 2. The summed E-state index contributed by atoms with van der Waals surface area (Å²) in [6.45, 7) is 1.67. The maximum atomic E-state index is 13.4. The van der Waals surface area contributed by atoms with E-state index in [1.165, 1.54) is 23.8 Å². The molecule has 0 aliphatic carbocycles. The molecular formula is C22H24N3O5. The molecule has 0 saturated carbocycles. The van der Waals surface area contributed by atoms with Crippen molar-refractivity contribution in [3.8, 4) is 17.2 Å². The van der Waals surface area contributed by atoms with Crippen LogP contribution in [0.5, 0.6) is 17.2 Å². The summed E-state index contributed by atoms with van der Waals surface area (Å²) >= 11 is 0. The predicted octanol–water partition coefficient (Wildman–Crippen LogP) is 2.30. The molecule has 1 aliphatic rings. The van der Waals surface area contributed by atoms with Crippen LogP contribution in [0, 0.1) is 0 Å². The van der Waals surface area contributed by atoms with Crippen LogP contribution in [0.3, 0.4) is 0 Å². The van der Waals surface area contributed by atoms with Crippen LogP contribution in [0.25, 0.3) is 10.9 Å². The molecule has 1 fully saturated rings. The Kier molecular flexibility index (Phi) is 5.50. The average Bonchev–Trinajstić information content (AvgIpc) is 2.77. The quantitative estimate of drug-likeness (QED) is 0.697. The first-order valence-corrected chi connectivity index (χ1v) is 9.91. The monoisotopic (exact) mass is 410 g/mol. The first-order chi connectivity index (χ1) is 14.5. The zero-order valence-electron chi connectivity index (χ0n) is 17.0. The third-order valence-corrected chi connectivity index (χ3v) is 5.60. The van der Waals surface area contributed by atoms with Gasteiger partial charge in [0.2, 0.25) is 0 Å². The lowest BCUT2D eigenvalue weighted by Gasteiger charge is -2.27. The maximum Gasteiger partial charge on any atom is 0.332 e. The van der Waals surface area contributed by atoms with Gasteiger partial charge in [-0.05, 0) is 55.8 Å². The van der Waals surface area contributed by atoms with E-state index in [4.69, 9.17) is 9.47 Å². The van der Waals surface area contributed by atoms with Gasteiger partial charge in [0.05, 0.1) is 31.7 Å². The second kappa shape index (κ2) is 8.23. The highest BCUT2D eigenvalue weighted by Crippen LogP contribution is 2.28. The van der Waals surface area contributed by atoms with Crippen molar-refractivity contribution in [2.75, 3.05) is 27.3 Å². The van der Waals surface area contributed by atoms with Crippen molar-refractivity contribution < 1.29 is 14.6 Å². The van der Waals surface area contributed by atoms with Gasteiger partial charge >= 0.3 is 5.69 Å². The highest BCUT2D eigenvalue weighted by atomic mass is 16.5. The Hall–Kier alpha value is -3.26. The number of aromatic nitrogens is 2. The highest BCUT2D eigenvalue weighted by Gasteiger charge is 2.22. The summed E-state index contributed by atoms with van der Waals surface area (Å²) < 4.78 is 13.5. The molecule has 0 bridgehead atoms. The molecule has 3 aromatic rings.